The first-order valence-corrected chi connectivity index (χ1v) is 5.93. The fraction of sp³-hybridized carbons (Fsp3) is 0.500. The highest BCUT2D eigenvalue weighted by atomic mass is 16.3. The Balaban J connectivity index is 2.41. The predicted molar refractivity (Wildman–Crippen MR) is 66.7 cm³/mol. The van der Waals surface area contributed by atoms with Gasteiger partial charge in [-0.25, -0.2) is 0 Å². The molecule has 1 aromatic rings. The molecule has 0 spiro atoms. The minimum absolute atomic E-state index is 0.0495. The predicted octanol–water partition coefficient (Wildman–Crippen LogP) is 1.61. The average Bonchev–Trinajstić information content (AvgIpc) is 2.26. The summed E-state index contributed by atoms with van der Waals surface area (Å²) in [6.07, 6.45) is 0. The number of hydrogen-bond donors (Lipinski definition) is 1. The summed E-state index contributed by atoms with van der Waals surface area (Å²) in [5.74, 6) is -0.190. The summed E-state index contributed by atoms with van der Waals surface area (Å²) in [5.41, 5.74) is 3.66. The molecule has 3 heteroatoms. The summed E-state index contributed by atoms with van der Waals surface area (Å²) in [5, 5.41) is 8.97. The lowest BCUT2D eigenvalue weighted by Crippen LogP contribution is -2.46. The summed E-state index contributed by atoms with van der Waals surface area (Å²) < 4.78 is 0. The lowest BCUT2D eigenvalue weighted by atomic mass is 9.78. The summed E-state index contributed by atoms with van der Waals surface area (Å²) in [4.78, 5) is 13.4. The third-order valence-corrected chi connectivity index (χ3v) is 3.43. The molecular weight excluding hydrogens is 214 g/mol. The van der Waals surface area contributed by atoms with Crippen LogP contribution in [0.2, 0.25) is 0 Å². The van der Waals surface area contributed by atoms with E-state index in [2.05, 4.69) is 39.0 Å². The summed E-state index contributed by atoms with van der Waals surface area (Å²) in [7, 11) is 0. The lowest BCUT2D eigenvalue weighted by molar-refractivity contribution is -0.136. The zero-order chi connectivity index (χ0) is 12.6. The molecule has 0 aliphatic carbocycles. The van der Waals surface area contributed by atoms with Crippen LogP contribution in [-0.2, 0) is 16.8 Å². The molecule has 3 nitrogen and oxygen atoms in total. The highest BCUT2D eigenvalue weighted by Gasteiger charge is 2.33. The molecule has 1 amide bonds. The van der Waals surface area contributed by atoms with Gasteiger partial charge in [-0.15, -0.1) is 0 Å². The van der Waals surface area contributed by atoms with Gasteiger partial charge in [-0.1, -0.05) is 37.6 Å². The number of benzene rings is 1. The number of carbonyl (C=O) groups excluding carboxylic acids is 1. The van der Waals surface area contributed by atoms with Crippen LogP contribution in [0.3, 0.4) is 0 Å². The minimum atomic E-state index is -0.406. The number of rotatable bonds is 1. The van der Waals surface area contributed by atoms with Crippen molar-refractivity contribution in [1.29, 1.82) is 0 Å². The van der Waals surface area contributed by atoms with Gasteiger partial charge >= 0.3 is 0 Å². The molecule has 0 fully saturated rings. The summed E-state index contributed by atoms with van der Waals surface area (Å²) in [6, 6.07) is 6.41. The van der Waals surface area contributed by atoms with Gasteiger partial charge in [-0.3, -0.25) is 4.79 Å². The van der Waals surface area contributed by atoms with Crippen LogP contribution in [0.4, 0.5) is 0 Å². The molecule has 1 aromatic carbocycles. The van der Waals surface area contributed by atoms with Crippen LogP contribution >= 0.6 is 0 Å². The molecule has 2 rings (SSSR count). The van der Waals surface area contributed by atoms with Crippen LogP contribution in [0.5, 0.6) is 0 Å². The van der Waals surface area contributed by atoms with Crippen LogP contribution in [0.1, 0.15) is 30.5 Å². The average molecular weight is 233 g/mol. The van der Waals surface area contributed by atoms with Gasteiger partial charge in [0.1, 0.15) is 6.61 Å². The van der Waals surface area contributed by atoms with Gasteiger partial charge in [-0.2, -0.15) is 0 Å². The highest BCUT2D eigenvalue weighted by Crippen LogP contribution is 2.33. The lowest BCUT2D eigenvalue weighted by Gasteiger charge is -2.40. The smallest absolute Gasteiger partial charge is 0.248 e. The molecule has 92 valence electrons. The number of nitrogens with zero attached hydrogens (tertiary/aromatic N) is 1. The Morgan fingerprint density at radius 3 is 2.82 bits per heavy atom. The van der Waals surface area contributed by atoms with Crippen molar-refractivity contribution in [1.82, 2.24) is 4.90 Å². The van der Waals surface area contributed by atoms with Crippen molar-refractivity contribution in [2.45, 2.75) is 32.7 Å². The number of fused-ring (bicyclic) bond motifs is 1. The van der Waals surface area contributed by atoms with Crippen molar-refractivity contribution in [2.24, 2.45) is 0 Å². The Labute approximate surface area is 102 Å². The first-order valence-electron chi connectivity index (χ1n) is 5.93. The molecule has 0 saturated carbocycles. The van der Waals surface area contributed by atoms with Crippen LogP contribution in [0.25, 0.3) is 0 Å². The van der Waals surface area contributed by atoms with Gasteiger partial charge < -0.3 is 10.0 Å². The molecule has 17 heavy (non-hydrogen) atoms. The van der Waals surface area contributed by atoms with E-state index in [4.69, 9.17) is 5.11 Å². The largest absolute Gasteiger partial charge is 0.387 e. The number of aliphatic hydroxyl groups excluding tert-OH is 1. The van der Waals surface area contributed by atoms with Gasteiger partial charge in [-0.05, 0) is 18.1 Å². The normalized spacial score (nSPS) is 17.8. The molecule has 1 aliphatic rings. The second-order valence-electron chi connectivity index (χ2n) is 5.45. The quantitative estimate of drug-likeness (QED) is 0.800. The molecule has 1 N–H and O–H groups in total. The maximum atomic E-state index is 11.6. The first-order chi connectivity index (χ1) is 7.94. The van der Waals surface area contributed by atoms with Crippen molar-refractivity contribution >= 4 is 5.91 Å². The van der Waals surface area contributed by atoms with E-state index in [1.54, 1.807) is 4.90 Å². The van der Waals surface area contributed by atoms with Crippen molar-refractivity contribution < 1.29 is 9.90 Å². The van der Waals surface area contributed by atoms with E-state index in [-0.39, 0.29) is 11.3 Å². The number of aliphatic hydroxyl groups is 1. The second kappa shape index (κ2) is 4.15. The van der Waals surface area contributed by atoms with E-state index in [0.717, 1.165) is 0 Å². The van der Waals surface area contributed by atoms with Gasteiger partial charge in [0, 0.05) is 18.5 Å². The Morgan fingerprint density at radius 1 is 1.47 bits per heavy atom. The van der Waals surface area contributed by atoms with E-state index in [9.17, 15) is 4.79 Å². The topological polar surface area (TPSA) is 40.5 Å². The number of hydrogen-bond acceptors (Lipinski definition) is 2. The zero-order valence-corrected chi connectivity index (χ0v) is 10.7. The van der Waals surface area contributed by atoms with Crippen LogP contribution in [-0.4, -0.2) is 29.1 Å². The van der Waals surface area contributed by atoms with E-state index >= 15 is 0 Å². The molecular formula is C14H19NO2. The number of amides is 1. The number of carbonyl (C=O) groups is 1. The fourth-order valence-corrected chi connectivity index (χ4v) is 2.61. The van der Waals surface area contributed by atoms with Crippen molar-refractivity contribution in [2.75, 3.05) is 13.2 Å². The summed E-state index contributed by atoms with van der Waals surface area (Å²) in [6.45, 7) is 7.20. The zero-order valence-electron chi connectivity index (χ0n) is 10.7. The second-order valence-corrected chi connectivity index (χ2v) is 5.45. The van der Waals surface area contributed by atoms with E-state index in [0.29, 0.717) is 13.1 Å². The molecule has 0 bridgehead atoms. The van der Waals surface area contributed by atoms with Crippen molar-refractivity contribution in [3.8, 4) is 0 Å². The molecule has 0 radical (unpaired) electrons. The maximum absolute atomic E-state index is 11.6. The first kappa shape index (κ1) is 12.1. The minimum Gasteiger partial charge on any atom is -0.387 e. The fourth-order valence-electron chi connectivity index (χ4n) is 2.61. The summed E-state index contributed by atoms with van der Waals surface area (Å²) >= 11 is 0. The Morgan fingerprint density at radius 2 is 2.18 bits per heavy atom. The van der Waals surface area contributed by atoms with Crippen molar-refractivity contribution in [3.63, 3.8) is 0 Å². The number of aryl methyl sites for hydroxylation is 1. The molecule has 0 saturated heterocycles. The maximum Gasteiger partial charge on any atom is 0.248 e. The third-order valence-electron chi connectivity index (χ3n) is 3.43. The van der Waals surface area contributed by atoms with Crippen LogP contribution in [0.15, 0.2) is 18.2 Å². The van der Waals surface area contributed by atoms with Crippen LogP contribution in [0, 0.1) is 6.92 Å². The Bertz CT molecular complexity index is 452. The SMILES string of the molecule is Cc1ccc2c(c1)CN(C(=O)CO)CC2(C)C. The van der Waals surface area contributed by atoms with Crippen LogP contribution < -0.4 is 0 Å². The van der Waals surface area contributed by atoms with Gasteiger partial charge in [0.05, 0.1) is 0 Å². The van der Waals surface area contributed by atoms with Gasteiger partial charge in [0.2, 0.25) is 5.91 Å². The monoisotopic (exact) mass is 233 g/mol. The molecule has 1 aliphatic heterocycles. The van der Waals surface area contributed by atoms with E-state index in [1.165, 1.54) is 16.7 Å². The molecule has 0 atom stereocenters. The highest BCUT2D eigenvalue weighted by molar-refractivity contribution is 5.77. The molecule has 1 heterocycles. The molecule has 0 aromatic heterocycles. The van der Waals surface area contributed by atoms with Gasteiger partial charge in [0.25, 0.3) is 0 Å². The standard InChI is InChI=1S/C14H19NO2/c1-10-4-5-12-11(6-10)7-15(13(17)8-16)9-14(12,2)3/h4-6,16H,7-9H2,1-3H3. The van der Waals surface area contributed by atoms with E-state index in [1.807, 2.05) is 0 Å². The van der Waals surface area contributed by atoms with E-state index < -0.39 is 6.61 Å². The third kappa shape index (κ3) is 2.20. The molecule has 0 unspecified atom stereocenters. The Kier molecular flexibility index (Phi) is 2.96. The Hall–Kier alpha value is -1.35. The van der Waals surface area contributed by atoms with Gasteiger partial charge in [0.15, 0.2) is 0 Å². The van der Waals surface area contributed by atoms with Crippen molar-refractivity contribution in [3.05, 3.63) is 34.9 Å².